The summed E-state index contributed by atoms with van der Waals surface area (Å²) in [6.07, 6.45) is 10.1. The molecule has 3 aromatic carbocycles. The molecule has 3 rings (SSSR count). The van der Waals surface area contributed by atoms with E-state index in [1.807, 2.05) is 84.0 Å². The van der Waals surface area contributed by atoms with Crippen LogP contribution in [0, 0.1) is 0 Å². The second-order valence-electron chi connectivity index (χ2n) is 14.6. The summed E-state index contributed by atoms with van der Waals surface area (Å²) in [4.78, 5) is 27.1. The van der Waals surface area contributed by atoms with Gasteiger partial charge in [0.1, 0.15) is 22.7 Å². The Morgan fingerprint density at radius 1 is 0.596 bits per heavy atom. The molecule has 2 atom stereocenters. The second-order valence-corrected chi connectivity index (χ2v) is 15.0. The number of rotatable bonds is 18. The van der Waals surface area contributed by atoms with E-state index in [1.165, 1.54) is 6.42 Å². The van der Waals surface area contributed by atoms with Gasteiger partial charge in [0.05, 0.1) is 0 Å². The summed E-state index contributed by atoms with van der Waals surface area (Å²) in [5.41, 5.74) is -1.30. The van der Waals surface area contributed by atoms with Crippen LogP contribution >= 0.6 is 11.6 Å². The molecule has 260 valence electrons. The van der Waals surface area contributed by atoms with Crippen molar-refractivity contribution in [1.82, 2.24) is 0 Å². The molecular formula is C40H57ClO6. The molecule has 0 fully saturated rings. The maximum absolute atomic E-state index is 13.5. The smallest absolute Gasteiger partial charge is 0.347 e. The Balaban J connectivity index is 2.11. The van der Waals surface area contributed by atoms with Crippen molar-refractivity contribution in [2.45, 2.75) is 156 Å². The van der Waals surface area contributed by atoms with Gasteiger partial charge >= 0.3 is 11.9 Å². The molecule has 0 amide bonds. The largest absolute Gasteiger partial charge is 0.477 e. The highest BCUT2D eigenvalue weighted by molar-refractivity contribution is 6.31. The van der Waals surface area contributed by atoms with Gasteiger partial charge in [-0.1, -0.05) is 101 Å². The zero-order valence-electron chi connectivity index (χ0n) is 30.0. The van der Waals surface area contributed by atoms with Crippen molar-refractivity contribution in [2.24, 2.45) is 0 Å². The van der Waals surface area contributed by atoms with Gasteiger partial charge in [-0.2, -0.15) is 0 Å². The quantitative estimate of drug-likeness (QED) is 0.0763. The zero-order chi connectivity index (χ0) is 34.6. The minimum Gasteiger partial charge on any atom is -0.477 e. The molecule has 0 heterocycles. The molecule has 0 aliphatic heterocycles. The van der Waals surface area contributed by atoms with Gasteiger partial charge in [-0.3, -0.25) is 0 Å². The van der Waals surface area contributed by atoms with Crippen LogP contribution in [-0.2, 0) is 19.1 Å². The molecule has 0 aliphatic carbocycles. The predicted octanol–water partition coefficient (Wildman–Crippen LogP) is 11.5. The van der Waals surface area contributed by atoms with Gasteiger partial charge in [0.2, 0.25) is 0 Å². The lowest BCUT2D eigenvalue weighted by Gasteiger charge is -2.27. The SMILES string of the molecule is CCCCCCCC(Oc1c2ccccc2c(OC(CCCCCCC)C(=O)OC(C)(C)C)c2cc(Cl)ccc12)C(=O)OC(C)(C)C. The molecule has 7 heteroatoms. The minimum absolute atomic E-state index is 0.382. The maximum atomic E-state index is 13.5. The van der Waals surface area contributed by atoms with E-state index in [2.05, 4.69) is 13.8 Å². The number of carbonyl (C=O) groups is 2. The van der Waals surface area contributed by atoms with Gasteiger partial charge in [0.15, 0.2) is 12.2 Å². The standard InChI is InChI=1S/C40H57ClO6/c1-9-11-13-15-17-23-33(37(42)46-39(3,4)5)44-35-29-21-19-20-22-30(29)36(32-27-28(41)25-26-31(32)35)45-34(24-18-16-14-12-10-2)38(43)47-40(6,7)8/h19-22,25-27,33-34H,9-18,23-24H2,1-8H3. The van der Waals surface area contributed by atoms with Gasteiger partial charge in [0.25, 0.3) is 0 Å². The van der Waals surface area contributed by atoms with Crippen LogP contribution in [0.4, 0.5) is 0 Å². The molecule has 0 saturated carbocycles. The molecule has 2 unspecified atom stereocenters. The minimum atomic E-state index is -0.800. The number of fused-ring (bicyclic) bond motifs is 2. The van der Waals surface area contributed by atoms with Crippen LogP contribution in [0.25, 0.3) is 21.5 Å². The first kappa shape index (κ1) is 38.5. The topological polar surface area (TPSA) is 71.1 Å². The Bertz CT molecular complexity index is 1450. The summed E-state index contributed by atoms with van der Waals surface area (Å²) < 4.78 is 25.1. The van der Waals surface area contributed by atoms with Crippen molar-refractivity contribution < 1.29 is 28.5 Å². The van der Waals surface area contributed by atoms with Gasteiger partial charge in [0, 0.05) is 26.6 Å². The molecule has 3 aromatic rings. The molecule has 0 bridgehead atoms. The third-order valence-electron chi connectivity index (χ3n) is 7.89. The van der Waals surface area contributed by atoms with Crippen LogP contribution < -0.4 is 9.47 Å². The number of ether oxygens (including phenoxy) is 4. The van der Waals surface area contributed by atoms with E-state index in [0.717, 1.165) is 73.9 Å². The van der Waals surface area contributed by atoms with Crippen molar-refractivity contribution in [3.05, 3.63) is 47.5 Å². The molecule has 0 N–H and O–H groups in total. The fraction of sp³-hybridized carbons (Fsp3) is 0.600. The first-order valence-corrected chi connectivity index (χ1v) is 18.0. The molecule has 0 aliphatic rings. The van der Waals surface area contributed by atoms with Crippen LogP contribution in [0.15, 0.2) is 42.5 Å². The molecule has 6 nitrogen and oxygen atoms in total. The lowest BCUT2D eigenvalue weighted by atomic mass is 9.99. The summed E-state index contributed by atoms with van der Waals surface area (Å²) in [6.45, 7) is 15.6. The van der Waals surface area contributed by atoms with E-state index in [4.69, 9.17) is 30.5 Å². The number of hydrogen-bond donors (Lipinski definition) is 0. The van der Waals surface area contributed by atoms with E-state index in [9.17, 15) is 9.59 Å². The highest BCUT2D eigenvalue weighted by atomic mass is 35.5. The number of halogens is 1. The third kappa shape index (κ3) is 12.2. The monoisotopic (exact) mass is 668 g/mol. The van der Waals surface area contributed by atoms with E-state index >= 15 is 0 Å². The van der Waals surface area contributed by atoms with E-state index in [0.29, 0.717) is 34.7 Å². The van der Waals surface area contributed by atoms with Gasteiger partial charge in [-0.15, -0.1) is 0 Å². The number of hydrogen-bond acceptors (Lipinski definition) is 6. The number of benzene rings is 3. The summed E-state index contributed by atoms with van der Waals surface area (Å²) in [5.74, 6) is 0.342. The fourth-order valence-corrected chi connectivity index (χ4v) is 5.83. The first-order chi connectivity index (χ1) is 22.2. The number of carbonyl (C=O) groups excluding carboxylic acids is 2. The number of unbranched alkanes of at least 4 members (excludes halogenated alkanes) is 8. The molecular weight excluding hydrogens is 612 g/mol. The Kier molecular flexibility index (Phi) is 14.7. The van der Waals surface area contributed by atoms with Crippen LogP contribution in [0.3, 0.4) is 0 Å². The Hall–Kier alpha value is -2.99. The number of esters is 2. The van der Waals surface area contributed by atoms with E-state index < -0.39 is 23.4 Å². The third-order valence-corrected chi connectivity index (χ3v) is 8.12. The van der Waals surface area contributed by atoms with E-state index in [-0.39, 0.29) is 11.9 Å². The summed E-state index contributed by atoms with van der Waals surface area (Å²) in [6, 6.07) is 13.3. The summed E-state index contributed by atoms with van der Waals surface area (Å²) in [5, 5.41) is 3.52. The molecule has 47 heavy (non-hydrogen) atoms. The fourth-order valence-electron chi connectivity index (χ4n) is 5.66. The van der Waals surface area contributed by atoms with Crippen LogP contribution in [0.5, 0.6) is 11.5 Å². The van der Waals surface area contributed by atoms with Crippen molar-refractivity contribution in [2.75, 3.05) is 0 Å². The second kappa shape index (κ2) is 18.0. The summed E-state index contributed by atoms with van der Waals surface area (Å²) >= 11 is 6.59. The van der Waals surface area contributed by atoms with Gasteiger partial charge in [-0.25, -0.2) is 9.59 Å². The summed E-state index contributed by atoms with van der Waals surface area (Å²) in [7, 11) is 0. The maximum Gasteiger partial charge on any atom is 0.347 e. The first-order valence-electron chi connectivity index (χ1n) is 17.7. The normalized spacial score (nSPS) is 13.4. The lowest BCUT2D eigenvalue weighted by molar-refractivity contribution is -0.164. The predicted molar refractivity (Wildman–Crippen MR) is 194 cm³/mol. The van der Waals surface area contributed by atoms with Gasteiger partial charge in [-0.05, 0) is 85.4 Å². The molecule has 0 radical (unpaired) electrons. The molecule has 0 aromatic heterocycles. The van der Waals surface area contributed by atoms with Crippen LogP contribution in [-0.4, -0.2) is 35.3 Å². The van der Waals surface area contributed by atoms with Crippen LogP contribution in [0.1, 0.15) is 132 Å². The lowest BCUT2D eigenvalue weighted by Crippen LogP contribution is -2.36. The van der Waals surface area contributed by atoms with Crippen LogP contribution in [0.2, 0.25) is 5.02 Å². The zero-order valence-corrected chi connectivity index (χ0v) is 30.8. The average molecular weight is 669 g/mol. The van der Waals surface area contributed by atoms with Crippen molar-refractivity contribution in [3.63, 3.8) is 0 Å². The Morgan fingerprint density at radius 2 is 1.00 bits per heavy atom. The highest BCUT2D eigenvalue weighted by Crippen LogP contribution is 2.45. The molecule has 0 spiro atoms. The van der Waals surface area contributed by atoms with Crippen molar-refractivity contribution in [3.8, 4) is 11.5 Å². The highest BCUT2D eigenvalue weighted by Gasteiger charge is 2.31. The Labute approximate surface area is 287 Å². The molecule has 0 saturated heterocycles. The van der Waals surface area contributed by atoms with Crippen molar-refractivity contribution >= 4 is 45.1 Å². The Morgan fingerprint density at radius 3 is 1.43 bits per heavy atom. The van der Waals surface area contributed by atoms with E-state index in [1.54, 1.807) is 0 Å². The van der Waals surface area contributed by atoms with Gasteiger partial charge < -0.3 is 18.9 Å². The average Bonchev–Trinajstić information content (AvgIpc) is 2.98. The van der Waals surface area contributed by atoms with Crippen molar-refractivity contribution in [1.29, 1.82) is 0 Å².